The summed E-state index contributed by atoms with van der Waals surface area (Å²) in [5.74, 6) is 1.45. The summed E-state index contributed by atoms with van der Waals surface area (Å²) in [6, 6.07) is 6.96. The van der Waals surface area contributed by atoms with E-state index in [1.165, 1.54) is 6.07 Å². The molecule has 1 aromatic rings. The lowest BCUT2D eigenvalue weighted by Crippen LogP contribution is -2.42. The quantitative estimate of drug-likeness (QED) is 0.518. The minimum Gasteiger partial charge on any atom is -0.381 e. The van der Waals surface area contributed by atoms with Crippen LogP contribution in [0.5, 0.6) is 0 Å². The van der Waals surface area contributed by atoms with Crippen LogP contribution in [-0.2, 0) is 9.47 Å². The van der Waals surface area contributed by atoms with Gasteiger partial charge >= 0.3 is 0 Å². The van der Waals surface area contributed by atoms with Gasteiger partial charge in [-0.1, -0.05) is 12.1 Å². The zero-order valence-corrected chi connectivity index (χ0v) is 18.5. The van der Waals surface area contributed by atoms with Crippen molar-refractivity contribution in [1.29, 1.82) is 0 Å². The van der Waals surface area contributed by atoms with Gasteiger partial charge in [0.1, 0.15) is 5.82 Å². The van der Waals surface area contributed by atoms with Gasteiger partial charge in [-0.25, -0.2) is 4.39 Å². The molecular formula is C23H37FN4O2. The third kappa shape index (κ3) is 6.93. The van der Waals surface area contributed by atoms with E-state index in [2.05, 4.69) is 29.1 Å². The Labute approximate surface area is 180 Å². The molecule has 3 rings (SSSR count). The van der Waals surface area contributed by atoms with Crippen molar-refractivity contribution in [3.05, 3.63) is 35.6 Å². The number of nitrogens with one attached hydrogen (secondary N) is 1. The molecule has 2 aliphatic heterocycles. The Balaban J connectivity index is 1.67. The first-order valence-corrected chi connectivity index (χ1v) is 11.3. The molecule has 2 heterocycles. The van der Waals surface area contributed by atoms with E-state index in [0.29, 0.717) is 19.8 Å². The number of nitrogens with zero attached hydrogens (tertiary/aromatic N) is 3. The van der Waals surface area contributed by atoms with Crippen LogP contribution in [-0.4, -0.2) is 82.0 Å². The van der Waals surface area contributed by atoms with Crippen molar-refractivity contribution in [2.75, 3.05) is 66.2 Å². The van der Waals surface area contributed by atoms with Crippen LogP contribution in [0, 0.1) is 11.7 Å². The number of benzene rings is 1. The van der Waals surface area contributed by atoms with Crippen LogP contribution in [0.2, 0.25) is 0 Å². The molecule has 168 valence electrons. The number of ether oxygens (including phenoxy) is 2. The van der Waals surface area contributed by atoms with Gasteiger partial charge in [0, 0.05) is 46.4 Å². The van der Waals surface area contributed by atoms with Crippen molar-refractivity contribution in [2.24, 2.45) is 10.9 Å². The van der Waals surface area contributed by atoms with Gasteiger partial charge in [-0.2, -0.15) is 0 Å². The molecule has 0 aromatic heterocycles. The molecule has 0 radical (unpaired) electrons. The van der Waals surface area contributed by atoms with Crippen LogP contribution in [0.25, 0.3) is 0 Å². The first kappa shape index (κ1) is 23.0. The van der Waals surface area contributed by atoms with E-state index in [1.54, 1.807) is 12.1 Å². The smallest absolute Gasteiger partial charge is 0.193 e. The minimum atomic E-state index is -0.199. The molecule has 2 fully saturated rings. The molecule has 30 heavy (non-hydrogen) atoms. The number of guanidine groups is 1. The molecule has 2 aliphatic rings. The third-order valence-electron chi connectivity index (χ3n) is 6.04. The van der Waals surface area contributed by atoms with Crippen LogP contribution >= 0.6 is 0 Å². The van der Waals surface area contributed by atoms with E-state index in [-0.39, 0.29) is 11.9 Å². The van der Waals surface area contributed by atoms with Gasteiger partial charge in [0.25, 0.3) is 0 Å². The largest absolute Gasteiger partial charge is 0.381 e. The number of hydrogen-bond acceptors (Lipinski definition) is 4. The van der Waals surface area contributed by atoms with Gasteiger partial charge in [0.2, 0.25) is 0 Å². The molecule has 0 spiro atoms. The van der Waals surface area contributed by atoms with Crippen molar-refractivity contribution in [3.63, 3.8) is 0 Å². The monoisotopic (exact) mass is 420 g/mol. The average molecular weight is 421 g/mol. The van der Waals surface area contributed by atoms with Crippen LogP contribution in [0.1, 0.15) is 37.8 Å². The van der Waals surface area contributed by atoms with Crippen LogP contribution < -0.4 is 5.32 Å². The molecule has 2 saturated heterocycles. The highest BCUT2D eigenvalue weighted by molar-refractivity contribution is 5.79. The highest BCUT2D eigenvalue weighted by Gasteiger charge is 2.23. The van der Waals surface area contributed by atoms with Gasteiger partial charge in [-0.15, -0.1) is 0 Å². The lowest BCUT2D eigenvalue weighted by atomic mass is 9.96. The van der Waals surface area contributed by atoms with E-state index in [1.807, 2.05) is 6.07 Å². The predicted molar refractivity (Wildman–Crippen MR) is 118 cm³/mol. The standard InChI is InChI=1S/C23H37FN4O2/c1-3-25-23(27(2)10-7-19-8-13-29-14-9-19)26-18-22(28-11-15-30-16-12-28)20-5-4-6-21(24)17-20/h4-6,17,19,22H,3,7-16,18H2,1-2H3,(H,25,26). The fourth-order valence-electron chi connectivity index (χ4n) is 4.19. The van der Waals surface area contributed by atoms with Crippen LogP contribution in [0.3, 0.4) is 0 Å². The maximum Gasteiger partial charge on any atom is 0.193 e. The van der Waals surface area contributed by atoms with Crippen molar-refractivity contribution in [3.8, 4) is 0 Å². The molecule has 1 unspecified atom stereocenters. The normalized spacial score (nSPS) is 20.2. The minimum absolute atomic E-state index is 0.0437. The molecule has 0 amide bonds. The summed E-state index contributed by atoms with van der Waals surface area (Å²) in [7, 11) is 2.10. The fraction of sp³-hybridized carbons (Fsp3) is 0.696. The first-order chi connectivity index (χ1) is 14.7. The molecule has 0 bridgehead atoms. The van der Waals surface area contributed by atoms with E-state index in [9.17, 15) is 4.39 Å². The summed E-state index contributed by atoms with van der Waals surface area (Å²) in [5.41, 5.74) is 0.973. The fourth-order valence-corrected chi connectivity index (χ4v) is 4.19. The highest BCUT2D eigenvalue weighted by atomic mass is 19.1. The molecule has 0 aliphatic carbocycles. The molecule has 1 aromatic carbocycles. The average Bonchev–Trinajstić information content (AvgIpc) is 2.78. The number of hydrogen-bond donors (Lipinski definition) is 1. The Kier molecular flexibility index (Phi) is 9.36. The summed E-state index contributed by atoms with van der Waals surface area (Å²) in [4.78, 5) is 9.54. The first-order valence-electron chi connectivity index (χ1n) is 11.3. The second-order valence-electron chi connectivity index (χ2n) is 8.18. The van der Waals surface area contributed by atoms with Gasteiger partial charge in [-0.3, -0.25) is 9.89 Å². The Bertz CT molecular complexity index is 660. The van der Waals surface area contributed by atoms with Gasteiger partial charge in [0.05, 0.1) is 25.8 Å². The SMILES string of the molecule is CCNC(=NCC(c1cccc(F)c1)N1CCOCC1)N(C)CCC1CCOCC1. The third-order valence-corrected chi connectivity index (χ3v) is 6.04. The second-order valence-corrected chi connectivity index (χ2v) is 8.18. The number of morpholine rings is 1. The van der Waals surface area contributed by atoms with Crippen molar-refractivity contribution in [2.45, 2.75) is 32.2 Å². The van der Waals surface area contributed by atoms with Gasteiger partial charge < -0.3 is 19.7 Å². The van der Waals surface area contributed by atoms with Crippen molar-refractivity contribution < 1.29 is 13.9 Å². The number of aliphatic imine (C=N–C) groups is 1. The molecule has 1 N–H and O–H groups in total. The Hall–Kier alpha value is -1.70. The zero-order chi connectivity index (χ0) is 21.2. The zero-order valence-electron chi connectivity index (χ0n) is 18.5. The summed E-state index contributed by atoms with van der Waals surface area (Å²) in [6.07, 6.45) is 3.46. The van der Waals surface area contributed by atoms with E-state index in [4.69, 9.17) is 14.5 Å². The van der Waals surface area contributed by atoms with Gasteiger partial charge in [0.15, 0.2) is 5.96 Å². The molecule has 1 atom stereocenters. The summed E-state index contributed by atoms with van der Waals surface area (Å²) in [6.45, 7) is 9.35. The van der Waals surface area contributed by atoms with E-state index in [0.717, 1.165) is 76.1 Å². The summed E-state index contributed by atoms with van der Waals surface area (Å²) >= 11 is 0. The second kappa shape index (κ2) is 12.2. The van der Waals surface area contributed by atoms with E-state index >= 15 is 0 Å². The molecule has 6 nitrogen and oxygen atoms in total. The van der Waals surface area contributed by atoms with Crippen LogP contribution in [0.15, 0.2) is 29.3 Å². The maximum atomic E-state index is 13.9. The number of halogens is 1. The Morgan fingerprint density at radius 3 is 2.67 bits per heavy atom. The van der Waals surface area contributed by atoms with Crippen LogP contribution in [0.4, 0.5) is 4.39 Å². The molecular weight excluding hydrogens is 383 g/mol. The Morgan fingerprint density at radius 2 is 1.97 bits per heavy atom. The lowest BCUT2D eigenvalue weighted by molar-refractivity contribution is 0.0179. The predicted octanol–water partition coefficient (Wildman–Crippen LogP) is 2.91. The molecule has 0 saturated carbocycles. The maximum absolute atomic E-state index is 13.9. The molecule has 7 heteroatoms. The van der Waals surface area contributed by atoms with E-state index < -0.39 is 0 Å². The lowest BCUT2D eigenvalue weighted by Gasteiger charge is -2.34. The Morgan fingerprint density at radius 1 is 1.23 bits per heavy atom. The topological polar surface area (TPSA) is 49.3 Å². The van der Waals surface area contributed by atoms with Gasteiger partial charge in [-0.05, 0) is 49.8 Å². The summed E-state index contributed by atoms with van der Waals surface area (Å²) in [5, 5.41) is 3.43. The van der Waals surface area contributed by atoms with Crippen molar-refractivity contribution in [1.82, 2.24) is 15.1 Å². The highest BCUT2D eigenvalue weighted by Crippen LogP contribution is 2.23. The van der Waals surface area contributed by atoms with Crippen molar-refractivity contribution >= 4 is 5.96 Å². The number of rotatable bonds is 8. The summed E-state index contributed by atoms with van der Waals surface area (Å²) < 4.78 is 24.9.